The number of anilines is 1. The Balaban J connectivity index is 1.63. The molecule has 25 heavy (non-hydrogen) atoms. The Kier molecular flexibility index (Phi) is 5.22. The second-order valence-corrected chi connectivity index (χ2v) is 6.07. The fourth-order valence-electron chi connectivity index (χ4n) is 2.32. The lowest BCUT2D eigenvalue weighted by Gasteiger charge is -2.09. The molecule has 0 saturated heterocycles. The Morgan fingerprint density at radius 1 is 0.920 bits per heavy atom. The van der Waals surface area contributed by atoms with Crippen molar-refractivity contribution >= 4 is 51.5 Å². The molecule has 0 aromatic heterocycles. The first-order chi connectivity index (χ1) is 12.0. The molecule has 0 bridgehead atoms. The highest BCUT2D eigenvalue weighted by molar-refractivity contribution is 6.44. The molecule has 0 spiro atoms. The maximum Gasteiger partial charge on any atom is 0.338 e. The first-order valence-corrected chi connectivity index (χ1v) is 8.20. The van der Waals surface area contributed by atoms with Crippen molar-refractivity contribution in [3.8, 4) is 0 Å². The summed E-state index contributed by atoms with van der Waals surface area (Å²) in [5.41, 5.74) is 0.744. The second-order valence-electron chi connectivity index (χ2n) is 5.29. The van der Waals surface area contributed by atoms with Crippen LogP contribution >= 0.6 is 23.2 Å². The van der Waals surface area contributed by atoms with Crippen molar-refractivity contribution in [2.45, 2.75) is 0 Å². The van der Waals surface area contributed by atoms with E-state index < -0.39 is 18.5 Å². The van der Waals surface area contributed by atoms with Gasteiger partial charge in [-0.2, -0.15) is 0 Å². The minimum Gasteiger partial charge on any atom is -0.452 e. The fourth-order valence-corrected chi connectivity index (χ4v) is 2.67. The minimum atomic E-state index is -0.571. The summed E-state index contributed by atoms with van der Waals surface area (Å²) >= 11 is 11.9. The third-order valence-electron chi connectivity index (χ3n) is 3.55. The Morgan fingerprint density at radius 2 is 1.68 bits per heavy atom. The lowest BCUT2D eigenvalue weighted by molar-refractivity contribution is -0.119. The molecule has 0 unspecified atom stereocenters. The van der Waals surface area contributed by atoms with E-state index in [0.29, 0.717) is 16.3 Å². The van der Waals surface area contributed by atoms with Crippen LogP contribution in [0.3, 0.4) is 0 Å². The summed E-state index contributed by atoms with van der Waals surface area (Å²) < 4.78 is 5.05. The van der Waals surface area contributed by atoms with Crippen LogP contribution in [0.4, 0.5) is 5.69 Å². The maximum absolute atomic E-state index is 12.1. The smallest absolute Gasteiger partial charge is 0.338 e. The minimum absolute atomic E-state index is 0.235. The fraction of sp³-hybridized carbons (Fsp3) is 0.0526. The van der Waals surface area contributed by atoms with Gasteiger partial charge < -0.3 is 10.1 Å². The molecule has 1 amide bonds. The van der Waals surface area contributed by atoms with Gasteiger partial charge in [0.1, 0.15) is 0 Å². The van der Waals surface area contributed by atoms with E-state index in [9.17, 15) is 9.59 Å². The molecule has 0 aliphatic heterocycles. The number of fused-ring (bicyclic) bond motifs is 1. The molecule has 0 radical (unpaired) electrons. The zero-order valence-electron chi connectivity index (χ0n) is 13.0. The van der Waals surface area contributed by atoms with Crippen molar-refractivity contribution in [2.75, 3.05) is 11.9 Å². The van der Waals surface area contributed by atoms with Gasteiger partial charge in [-0.1, -0.05) is 59.6 Å². The summed E-state index contributed by atoms with van der Waals surface area (Å²) in [6, 6.07) is 17.8. The lowest BCUT2D eigenvalue weighted by atomic mass is 10.1. The molecule has 6 heteroatoms. The largest absolute Gasteiger partial charge is 0.452 e. The van der Waals surface area contributed by atoms with E-state index in [1.165, 1.54) is 0 Å². The Morgan fingerprint density at radius 3 is 2.48 bits per heavy atom. The van der Waals surface area contributed by atoms with Crippen LogP contribution < -0.4 is 5.32 Å². The molecule has 1 N–H and O–H groups in total. The highest BCUT2D eigenvalue weighted by Gasteiger charge is 2.12. The van der Waals surface area contributed by atoms with E-state index in [1.54, 1.807) is 30.3 Å². The van der Waals surface area contributed by atoms with Crippen molar-refractivity contribution in [3.05, 3.63) is 76.3 Å². The SMILES string of the molecule is O=C(COC(=O)c1ccc2ccccc2c1)Nc1cccc(Cl)c1Cl. The molecule has 0 saturated carbocycles. The standard InChI is InChI=1S/C19H13Cl2NO3/c20-15-6-3-7-16(18(15)21)22-17(23)11-25-19(24)14-9-8-12-4-1-2-5-13(12)10-14/h1-10H,11H2,(H,22,23). The van der Waals surface area contributed by atoms with Gasteiger partial charge in [0.15, 0.2) is 6.61 Å². The number of esters is 1. The van der Waals surface area contributed by atoms with E-state index >= 15 is 0 Å². The molecule has 126 valence electrons. The van der Waals surface area contributed by atoms with Crippen LogP contribution in [0.5, 0.6) is 0 Å². The van der Waals surface area contributed by atoms with E-state index in [1.807, 2.05) is 30.3 Å². The number of carbonyl (C=O) groups is 2. The van der Waals surface area contributed by atoms with Crippen LogP contribution in [-0.2, 0) is 9.53 Å². The topological polar surface area (TPSA) is 55.4 Å². The Hall–Kier alpha value is -2.56. The average Bonchev–Trinajstić information content (AvgIpc) is 2.63. The van der Waals surface area contributed by atoms with Gasteiger partial charge in [-0.3, -0.25) is 4.79 Å². The van der Waals surface area contributed by atoms with Gasteiger partial charge in [0.05, 0.1) is 21.3 Å². The first kappa shape index (κ1) is 17.3. The lowest BCUT2D eigenvalue weighted by Crippen LogP contribution is -2.21. The number of nitrogens with one attached hydrogen (secondary N) is 1. The van der Waals surface area contributed by atoms with Gasteiger partial charge in [-0.25, -0.2) is 4.79 Å². The van der Waals surface area contributed by atoms with Crippen LogP contribution in [0.2, 0.25) is 10.0 Å². The third-order valence-corrected chi connectivity index (χ3v) is 4.36. The van der Waals surface area contributed by atoms with Crippen LogP contribution in [0.1, 0.15) is 10.4 Å². The van der Waals surface area contributed by atoms with Gasteiger partial charge >= 0.3 is 5.97 Å². The Labute approximate surface area is 154 Å². The van der Waals surface area contributed by atoms with E-state index in [2.05, 4.69) is 5.32 Å². The molecule has 0 heterocycles. The summed E-state index contributed by atoms with van der Waals surface area (Å²) in [6.07, 6.45) is 0. The van der Waals surface area contributed by atoms with Crippen LogP contribution in [0.25, 0.3) is 10.8 Å². The average molecular weight is 374 g/mol. The summed E-state index contributed by atoms with van der Waals surface area (Å²) in [4.78, 5) is 24.1. The summed E-state index contributed by atoms with van der Waals surface area (Å²) in [6.45, 7) is -0.422. The number of rotatable bonds is 4. The predicted octanol–water partition coefficient (Wildman–Crippen LogP) is 4.94. The highest BCUT2D eigenvalue weighted by Crippen LogP contribution is 2.29. The first-order valence-electron chi connectivity index (χ1n) is 7.44. The number of hydrogen-bond donors (Lipinski definition) is 1. The summed E-state index contributed by atoms with van der Waals surface area (Å²) in [5.74, 6) is -1.07. The number of halogens is 2. The van der Waals surface area contributed by atoms with Crippen molar-refractivity contribution in [2.24, 2.45) is 0 Å². The van der Waals surface area contributed by atoms with Gasteiger partial charge in [0, 0.05) is 0 Å². The molecule has 0 aliphatic rings. The zero-order chi connectivity index (χ0) is 17.8. The molecule has 0 aliphatic carbocycles. The normalized spacial score (nSPS) is 10.5. The third kappa shape index (κ3) is 4.10. The number of amides is 1. The zero-order valence-corrected chi connectivity index (χ0v) is 14.5. The van der Waals surface area contributed by atoms with Gasteiger partial charge in [-0.15, -0.1) is 0 Å². The number of carbonyl (C=O) groups excluding carboxylic acids is 2. The number of benzene rings is 3. The monoisotopic (exact) mass is 373 g/mol. The summed E-state index contributed by atoms with van der Waals surface area (Å²) in [5, 5.41) is 5.06. The molecule has 0 atom stereocenters. The molecular weight excluding hydrogens is 361 g/mol. The van der Waals surface area contributed by atoms with Crippen LogP contribution in [0.15, 0.2) is 60.7 Å². The quantitative estimate of drug-likeness (QED) is 0.658. The van der Waals surface area contributed by atoms with Crippen molar-refractivity contribution in [1.82, 2.24) is 0 Å². The highest BCUT2D eigenvalue weighted by atomic mass is 35.5. The van der Waals surface area contributed by atoms with Gasteiger partial charge in [0.25, 0.3) is 5.91 Å². The van der Waals surface area contributed by atoms with Gasteiger partial charge in [0.2, 0.25) is 0 Å². The molecular formula is C19H13Cl2NO3. The second kappa shape index (κ2) is 7.55. The predicted molar refractivity (Wildman–Crippen MR) is 99.3 cm³/mol. The van der Waals surface area contributed by atoms with E-state index in [4.69, 9.17) is 27.9 Å². The molecule has 3 rings (SSSR count). The van der Waals surface area contributed by atoms with Crippen molar-refractivity contribution < 1.29 is 14.3 Å². The molecule has 3 aromatic carbocycles. The Bertz CT molecular complexity index is 956. The number of hydrogen-bond acceptors (Lipinski definition) is 3. The van der Waals surface area contributed by atoms with E-state index in [-0.39, 0.29) is 5.02 Å². The molecule has 4 nitrogen and oxygen atoms in total. The molecule has 0 fully saturated rings. The van der Waals surface area contributed by atoms with E-state index in [0.717, 1.165) is 10.8 Å². The van der Waals surface area contributed by atoms with Crippen LogP contribution in [0, 0.1) is 0 Å². The summed E-state index contributed by atoms with van der Waals surface area (Å²) in [7, 11) is 0. The molecule has 3 aromatic rings. The van der Waals surface area contributed by atoms with Gasteiger partial charge in [-0.05, 0) is 35.0 Å². The van der Waals surface area contributed by atoms with Crippen molar-refractivity contribution in [1.29, 1.82) is 0 Å². The number of ether oxygens (including phenoxy) is 1. The maximum atomic E-state index is 12.1. The van der Waals surface area contributed by atoms with Crippen molar-refractivity contribution in [3.63, 3.8) is 0 Å². The van der Waals surface area contributed by atoms with Crippen LogP contribution in [-0.4, -0.2) is 18.5 Å².